The molecular formula is C25H33N3O3S. The highest BCUT2D eigenvalue weighted by molar-refractivity contribution is 7.80. The lowest BCUT2D eigenvalue weighted by Gasteiger charge is -2.22. The van der Waals surface area contributed by atoms with Crippen LogP contribution in [0.15, 0.2) is 48.5 Å². The topological polar surface area (TPSA) is 70.7 Å². The maximum atomic E-state index is 12.9. The van der Waals surface area contributed by atoms with E-state index < -0.39 is 0 Å². The summed E-state index contributed by atoms with van der Waals surface area (Å²) in [5.74, 6) is 0.171. The van der Waals surface area contributed by atoms with E-state index in [-0.39, 0.29) is 16.9 Å². The summed E-state index contributed by atoms with van der Waals surface area (Å²) in [4.78, 5) is 27.4. The molecule has 2 aromatic carbocycles. The van der Waals surface area contributed by atoms with E-state index in [0.29, 0.717) is 29.2 Å². The lowest BCUT2D eigenvalue weighted by Crippen LogP contribution is -2.34. The molecule has 2 rings (SSSR count). The highest BCUT2D eigenvalue weighted by Crippen LogP contribution is 2.19. The zero-order valence-corrected chi connectivity index (χ0v) is 20.0. The van der Waals surface area contributed by atoms with Crippen LogP contribution in [0.25, 0.3) is 0 Å². The number of benzene rings is 2. The molecule has 172 valence electrons. The largest absolute Gasteiger partial charge is 0.493 e. The first-order chi connectivity index (χ1) is 15.5. The van der Waals surface area contributed by atoms with E-state index in [0.717, 1.165) is 38.8 Å². The Bertz CT molecular complexity index is 911. The smallest absolute Gasteiger partial charge is 0.261 e. The first-order valence-electron chi connectivity index (χ1n) is 11.2. The number of carbonyl (C=O) groups excluding carboxylic acids is 2. The molecule has 2 N–H and O–H groups in total. The fourth-order valence-electron chi connectivity index (χ4n) is 3.21. The van der Waals surface area contributed by atoms with Gasteiger partial charge in [0.25, 0.3) is 11.8 Å². The Balaban J connectivity index is 2.04. The third-order valence-corrected chi connectivity index (χ3v) is 4.96. The van der Waals surface area contributed by atoms with Gasteiger partial charge in [0, 0.05) is 24.3 Å². The third kappa shape index (κ3) is 7.64. The number of hydrogen-bond acceptors (Lipinski definition) is 4. The number of unbranched alkanes of at least 4 members (excludes halogenated alkanes) is 1. The van der Waals surface area contributed by atoms with E-state index in [1.807, 2.05) is 11.0 Å². The van der Waals surface area contributed by atoms with Gasteiger partial charge >= 0.3 is 0 Å². The van der Waals surface area contributed by atoms with E-state index in [1.165, 1.54) is 0 Å². The number of para-hydroxylation sites is 1. The number of carbonyl (C=O) groups is 2. The number of hydrogen-bond donors (Lipinski definition) is 2. The predicted molar refractivity (Wildman–Crippen MR) is 133 cm³/mol. The minimum Gasteiger partial charge on any atom is -0.493 e. The van der Waals surface area contributed by atoms with Gasteiger partial charge in [-0.05, 0) is 61.8 Å². The van der Waals surface area contributed by atoms with Crippen LogP contribution in [0.3, 0.4) is 0 Å². The van der Waals surface area contributed by atoms with Gasteiger partial charge in [0.1, 0.15) is 5.75 Å². The Morgan fingerprint density at radius 2 is 1.69 bits per heavy atom. The van der Waals surface area contributed by atoms with E-state index in [1.54, 1.807) is 42.5 Å². The molecule has 32 heavy (non-hydrogen) atoms. The van der Waals surface area contributed by atoms with Gasteiger partial charge in [-0.2, -0.15) is 0 Å². The van der Waals surface area contributed by atoms with Crippen molar-refractivity contribution in [2.24, 2.45) is 0 Å². The number of anilines is 1. The first kappa shape index (κ1) is 25.3. The van der Waals surface area contributed by atoms with Crippen molar-refractivity contribution >= 4 is 34.8 Å². The molecule has 0 atom stereocenters. The van der Waals surface area contributed by atoms with Gasteiger partial charge in [-0.25, -0.2) is 0 Å². The molecule has 0 spiro atoms. The standard InChI is InChI=1S/C25H33N3O3S/c1-4-7-17-31-22-14-9-8-13-21(22)23(29)27-25(32)26-20-12-10-11-19(18-20)24(30)28(15-5-2)16-6-3/h8-14,18H,4-7,15-17H2,1-3H3,(H2,26,27,29,32). The number of nitrogens with one attached hydrogen (secondary N) is 2. The van der Waals surface area contributed by atoms with Crippen molar-refractivity contribution in [1.82, 2.24) is 10.2 Å². The second-order valence-electron chi connectivity index (χ2n) is 7.48. The molecule has 0 unspecified atom stereocenters. The van der Waals surface area contributed by atoms with Crippen molar-refractivity contribution < 1.29 is 14.3 Å². The summed E-state index contributed by atoms with van der Waals surface area (Å²) in [7, 11) is 0. The first-order valence-corrected chi connectivity index (χ1v) is 11.6. The van der Waals surface area contributed by atoms with Gasteiger partial charge in [-0.3, -0.25) is 14.9 Å². The van der Waals surface area contributed by atoms with Crippen LogP contribution in [-0.4, -0.2) is 41.5 Å². The average molecular weight is 456 g/mol. The lowest BCUT2D eigenvalue weighted by atomic mass is 10.1. The Labute approximate surface area is 196 Å². The Kier molecular flexibility index (Phi) is 10.7. The van der Waals surface area contributed by atoms with Crippen molar-refractivity contribution in [3.05, 3.63) is 59.7 Å². The summed E-state index contributed by atoms with van der Waals surface area (Å²) in [5, 5.41) is 5.85. The van der Waals surface area contributed by atoms with E-state index in [9.17, 15) is 9.59 Å². The maximum Gasteiger partial charge on any atom is 0.261 e. The molecule has 0 fully saturated rings. The summed E-state index contributed by atoms with van der Waals surface area (Å²) in [6.45, 7) is 8.19. The highest BCUT2D eigenvalue weighted by atomic mass is 32.1. The third-order valence-electron chi connectivity index (χ3n) is 4.76. The van der Waals surface area contributed by atoms with Crippen LogP contribution in [0.4, 0.5) is 5.69 Å². The van der Waals surface area contributed by atoms with Crippen molar-refractivity contribution in [1.29, 1.82) is 0 Å². The molecule has 0 saturated carbocycles. The van der Waals surface area contributed by atoms with Gasteiger partial charge in [0.15, 0.2) is 5.11 Å². The summed E-state index contributed by atoms with van der Waals surface area (Å²) in [5.41, 5.74) is 1.65. The molecule has 0 aliphatic rings. The van der Waals surface area contributed by atoms with Crippen molar-refractivity contribution in [3.63, 3.8) is 0 Å². The lowest BCUT2D eigenvalue weighted by molar-refractivity contribution is 0.0755. The molecule has 0 aromatic heterocycles. The zero-order valence-electron chi connectivity index (χ0n) is 19.1. The van der Waals surface area contributed by atoms with Gasteiger partial charge in [0.05, 0.1) is 12.2 Å². The van der Waals surface area contributed by atoms with Crippen LogP contribution in [0, 0.1) is 0 Å². The van der Waals surface area contributed by atoms with Crippen molar-refractivity contribution in [2.45, 2.75) is 46.5 Å². The number of ether oxygens (including phenoxy) is 1. The fraction of sp³-hybridized carbons (Fsp3) is 0.400. The van der Waals surface area contributed by atoms with Crippen LogP contribution >= 0.6 is 12.2 Å². The number of rotatable bonds is 11. The second kappa shape index (κ2) is 13.5. The van der Waals surface area contributed by atoms with Gasteiger partial charge in [0.2, 0.25) is 0 Å². The highest BCUT2D eigenvalue weighted by Gasteiger charge is 2.16. The maximum absolute atomic E-state index is 12.9. The van der Waals surface area contributed by atoms with Crippen LogP contribution in [-0.2, 0) is 0 Å². The normalized spacial score (nSPS) is 10.3. The van der Waals surface area contributed by atoms with Crippen LogP contribution in [0.2, 0.25) is 0 Å². The SMILES string of the molecule is CCCCOc1ccccc1C(=O)NC(=S)Nc1cccc(C(=O)N(CCC)CCC)c1. The van der Waals surface area contributed by atoms with E-state index >= 15 is 0 Å². The minimum absolute atomic E-state index is 0.00883. The molecule has 0 radical (unpaired) electrons. The summed E-state index contributed by atoms with van der Waals surface area (Å²) in [6, 6.07) is 14.2. The van der Waals surface area contributed by atoms with Gasteiger partial charge < -0.3 is 15.0 Å². The molecule has 0 bridgehead atoms. The average Bonchev–Trinajstić information content (AvgIpc) is 2.79. The van der Waals surface area contributed by atoms with Crippen LogP contribution in [0.5, 0.6) is 5.75 Å². The summed E-state index contributed by atoms with van der Waals surface area (Å²) >= 11 is 5.33. The Morgan fingerprint density at radius 1 is 0.969 bits per heavy atom. The minimum atomic E-state index is -0.348. The monoisotopic (exact) mass is 455 g/mol. The van der Waals surface area contributed by atoms with E-state index in [4.69, 9.17) is 17.0 Å². The van der Waals surface area contributed by atoms with Crippen LogP contribution in [0.1, 0.15) is 67.2 Å². The summed E-state index contributed by atoms with van der Waals surface area (Å²) in [6.07, 6.45) is 3.74. The molecule has 0 aliphatic heterocycles. The van der Waals surface area contributed by atoms with E-state index in [2.05, 4.69) is 31.4 Å². The van der Waals surface area contributed by atoms with Gasteiger partial charge in [-0.15, -0.1) is 0 Å². The molecular weight excluding hydrogens is 422 g/mol. The molecule has 6 nitrogen and oxygen atoms in total. The Morgan fingerprint density at radius 3 is 2.38 bits per heavy atom. The number of amides is 2. The van der Waals surface area contributed by atoms with Crippen molar-refractivity contribution in [2.75, 3.05) is 25.0 Å². The fourth-order valence-corrected chi connectivity index (χ4v) is 3.42. The molecule has 0 aliphatic carbocycles. The molecule has 2 aromatic rings. The quantitative estimate of drug-likeness (QED) is 0.357. The molecule has 7 heteroatoms. The zero-order chi connectivity index (χ0) is 23.3. The van der Waals surface area contributed by atoms with Crippen LogP contribution < -0.4 is 15.4 Å². The number of nitrogens with zero attached hydrogens (tertiary/aromatic N) is 1. The summed E-state index contributed by atoms with van der Waals surface area (Å²) < 4.78 is 5.74. The van der Waals surface area contributed by atoms with Gasteiger partial charge in [-0.1, -0.05) is 45.4 Å². The second-order valence-corrected chi connectivity index (χ2v) is 7.89. The molecule has 0 heterocycles. The molecule has 2 amide bonds. The molecule has 0 saturated heterocycles. The predicted octanol–water partition coefficient (Wildman–Crippen LogP) is 5.25. The van der Waals surface area contributed by atoms with Crippen molar-refractivity contribution in [3.8, 4) is 5.75 Å². The Hall–Kier alpha value is -2.93. The number of thiocarbonyl (C=S) groups is 1.